The van der Waals surface area contributed by atoms with Gasteiger partial charge in [-0.1, -0.05) is 456 Å². The molecule has 0 N–H and O–H groups in total. The third-order valence-corrected chi connectivity index (χ3v) is 20.1. The molecule has 0 saturated heterocycles. The molecule has 0 spiro atoms. The van der Waals surface area contributed by atoms with Crippen LogP contribution in [0, 0.1) is 0 Å². The number of allylic oxidation sites excluding steroid dienone is 2. The van der Waals surface area contributed by atoms with E-state index in [0.717, 1.165) is 23.5 Å². The molecule has 0 saturated carbocycles. The van der Waals surface area contributed by atoms with Gasteiger partial charge in [0, 0.05) is 0 Å². The SMILES string of the molecule is CCCCCCCCCCCCCCCCCCC=CC(C=Nc1ccc(CCCCCCCCCCCCCCCCCCCCCCCCCCC)cc1)=Nc1ccc(CCCCCCCCCCCCCCCCCCCCCCCCCCC)cc1. The molecule has 520 valence electrons. The van der Waals surface area contributed by atoms with Crippen molar-refractivity contribution in [1.82, 2.24) is 0 Å². The molecule has 2 aromatic carbocycles. The van der Waals surface area contributed by atoms with E-state index < -0.39 is 0 Å². The number of hydrogen-bond acceptors (Lipinski definition) is 2. The first-order valence-electron chi connectivity index (χ1n) is 41.7. The second kappa shape index (κ2) is 70.8. The summed E-state index contributed by atoms with van der Waals surface area (Å²) < 4.78 is 0. The maximum absolute atomic E-state index is 5.15. The summed E-state index contributed by atoms with van der Waals surface area (Å²) in [7, 11) is 0. The van der Waals surface area contributed by atoms with Gasteiger partial charge in [0.2, 0.25) is 0 Å². The fraction of sp³-hybridized carbons (Fsp3) is 0.818. The van der Waals surface area contributed by atoms with E-state index in [0.29, 0.717) is 0 Å². The molecule has 0 aliphatic rings. The Labute approximate surface area is 565 Å². The highest BCUT2D eigenvalue weighted by molar-refractivity contribution is 6.36. The number of aryl methyl sites for hydroxylation is 2. The first-order valence-corrected chi connectivity index (χ1v) is 41.7. The molecular weight excluding hydrogens is 1080 g/mol. The fourth-order valence-electron chi connectivity index (χ4n) is 13.8. The quantitative estimate of drug-likeness (QED) is 0.0466. The standard InChI is InChI=1S/C88H158N2/c1-4-7-10-13-16-19-22-25-28-31-34-36-38-40-42-44-46-48-51-54-57-60-63-66-69-72-84-75-79-86(80-76-84)89-83-88(74-71-68-65-62-59-56-53-50-33-30-27-24-21-18-15-12-9-6-3)90-87-81-77-85(78-82-87)73-70-67-64-61-58-55-52-49-47-45-43-41-39-37-35-32-29-26-23-20-17-14-11-8-5-2/h71,74-83H,4-70,72-73H2,1-3H3. The molecule has 2 nitrogen and oxygen atoms in total. The van der Waals surface area contributed by atoms with E-state index in [1.165, 1.54) is 448 Å². The Kier molecular flexibility index (Phi) is 65.8. The van der Waals surface area contributed by atoms with Gasteiger partial charge >= 0.3 is 0 Å². The van der Waals surface area contributed by atoms with Crippen LogP contribution in [0.25, 0.3) is 0 Å². The first kappa shape index (κ1) is 83.6. The summed E-state index contributed by atoms with van der Waals surface area (Å²) in [4.78, 5) is 10.1. The zero-order valence-corrected chi connectivity index (χ0v) is 61.5. The summed E-state index contributed by atoms with van der Waals surface area (Å²) in [5.74, 6) is 0. The molecule has 0 bridgehead atoms. The normalized spacial score (nSPS) is 12.1. The lowest BCUT2D eigenvalue weighted by molar-refractivity contribution is 0.516. The maximum atomic E-state index is 5.15. The summed E-state index contributed by atoms with van der Waals surface area (Å²) in [5.41, 5.74) is 5.87. The smallest absolute Gasteiger partial charge is 0.0816 e. The lowest BCUT2D eigenvalue weighted by Crippen LogP contribution is -1.95. The first-order chi connectivity index (χ1) is 44.7. The third-order valence-electron chi connectivity index (χ3n) is 20.1. The van der Waals surface area contributed by atoms with Gasteiger partial charge in [-0.15, -0.1) is 0 Å². The van der Waals surface area contributed by atoms with E-state index in [4.69, 9.17) is 9.98 Å². The Bertz CT molecular complexity index is 1770. The summed E-state index contributed by atoms with van der Waals surface area (Å²) in [6.07, 6.45) is 105. The van der Waals surface area contributed by atoms with Crippen molar-refractivity contribution in [2.45, 2.75) is 464 Å². The Morgan fingerprint density at radius 2 is 0.433 bits per heavy atom. The van der Waals surface area contributed by atoms with Gasteiger partial charge in [0.05, 0.1) is 23.3 Å². The van der Waals surface area contributed by atoms with Crippen LogP contribution in [0.4, 0.5) is 11.4 Å². The zero-order valence-electron chi connectivity index (χ0n) is 61.5. The second-order valence-electron chi connectivity index (χ2n) is 29.1. The molecule has 0 aliphatic carbocycles. The van der Waals surface area contributed by atoms with Crippen molar-refractivity contribution in [3.05, 3.63) is 71.8 Å². The van der Waals surface area contributed by atoms with Crippen molar-refractivity contribution in [2.24, 2.45) is 9.98 Å². The predicted molar refractivity (Wildman–Crippen MR) is 411 cm³/mol. The molecule has 2 aromatic rings. The predicted octanol–water partition coefficient (Wildman–Crippen LogP) is 32.0. The Morgan fingerprint density at radius 1 is 0.233 bits per heavy atom. The number of hydrogen-bond donors (Lipinski definition) is 0. The number of nitrogens with zero attached hydrogens (tertiary/aromatic N) is 2. The highest BCUT2D eigenvalue weighted by atomic mass is 14.8. The largest absolute Gasteiger partial charge is 0.255 e. The fourth-order valence-corrected chi connectivity index (χ4v) is 13.8. The molecule has 0 amide bonds. The van der Waals surface area contributed by atoms with Gasteiger partial charge in [-0.05, 0) is 80.0 Å². The number of rotatable bonds is 73. The van der Waals surface area contributed by atoms with E-state index in [1.54, 1.807) is 0 Å². The molecule has 0 aliphatic heterocycles. The van der Waals surface area contributed by atoms with Gasteiger partial charge in [0.15, 0.2) is 0 Å². The van der Waals surface area contributed by atoms with Crippen molar-refractivity contribution in [2.75, 3.05) is 0 Å². The minimum Gasteiger partial charge on any atom is -0.255 e. The Balaban J connectivity index is 1.61. The Hall–Kier alpha value is -2.48. The van der Waals surface area contributed by atoms with E-state index >= 15 is 0 Å². The molecule has 0 atom stereocenters. The van der Waals surface area contributed by atoms with E-state index in [-0.39, 0.29) is 0 Å². The molecule has 0 unspecified atom stereocenters. The summed E-state index contributed by atoms with van der Waals surface area (Å²) >= 11 is 0. The van der Waals surface area contributed by atoms with Crippen LogP contribution in [0.1, 0.15) is 462 Å². The molecular formula is C88H158N2. The lowest BCUT2D eigenvalue weighted by atomic mass is 10.0. The molecule has 0 aromatic heterocycles. The van der Waals surface area contributed by atoms with Gasteiger partial charge in [0.1, 0.15) is 0 Å². The van der Waals surface area contributed by atoms with Crippen LogP contribution in [0.5, 0.6) is 0 Å². The highest BCUT2D eigenvalue weighted by Gasteiger charge is 2.03. The van der Waals surface area contributed by atoms with Crippen LogP contribution < -0.4 is 0 Å². The minimum atomic E-state index is 0.943. The van der Waals surface area contributed by atoms with E-state index in [2.05, 4.69) is 81.5 Å². The van der Waals surface area contributed by atoms with Crippen LogP contribution in [0.3, 0.4) is 0 Å². The Morgan fingerprint density at radius 3 is 0.667 bits per heavy atom. The van der Waals surface area contributed by atoms with Crippen molar-refractivity contribution in [3.8, 4) is 0 Å². The molecule has 0 radical (unpaired) electrons. The summed E-state index contributed by atoms with van der Waals surface area (Å²) in [5, 5.41) is 0. The molecule has 2 rings (SSSR count). The maximum Gasteiger partial charge on any atom is 0.0816 e. The molecule has 2 heteroatoms. The third kappa shape index (κ3) is 60.5. The average Bonchev–Trinajstić information content (AvgIpc) is 3.00. The number of unbranched alkanes of at least 4 members (excludes halogenated alkanes) is 64. The van der Waals surface area contributed by atoms with Gasteiger partial charge in [-0.3, -0.25) is 4.99 Å². The van der Waals surface area contributed by atoms with Crippen LogP contribution in [0.2, 0.25) is 0 Å². The molecule has 0 heterocycles. The molecule has 90 heavy (non-hydrogen) atoms. The van der Waals surface area contributed by atoms with Crippen LogP contribution in [-0.4, -0.2) is 11.9 Å². The lowest BCUT2D eigenvalue weighted by Gasteiger charge is -2.05. The number of aliphatic imine (C=N–C) groups is 2. The monoisotopic (exact) mass is 1240 g/mol. The number of benzene rings is 2. The van der Waals surface area contributed by atoms with Gasteiger partial charge in [-0.2, -0.15) is 0 Å². The van der Waals surface area contributed by atoms with E-state index in [9.17, 15) is 0 Å². The summed E-state index contributed by atoms with van der Waals surface area (Å²) in [6, 6.07) is 18.1. The van der Waals surface area contributed by atoms with E-state index in [1.807, 2.05) is 6.21 Å². The van der Waals surface area contributed by atoms with Crippen molar-refractivity contribution in [1.29, 1.82) is 0 Å². The van der Waals surface area contributed by atoms with Gasteiger partial charge in [0.25, 0.3) is 0 Å². The van der Waals surface area contributed by atoms with Crippen LogP contribution >= 0.6 is 0 Å². The summed E-state index contributed by atoms with van der Waals surface area (Å²) in [6.45, 7) is 6.94. The van der Waals surface area contributed by atoms with Crippen molar-refractivity contribution >= 4 is 23.3 Å². The van der Waals surface area contributed by atoms with Crippen molar-refractivity contribution in [3.63, 3.8) is 0 Å². The topological polar surface area (TPSA) is 24.7 Å². The minimum absolute atomic E-state index is 0.943. The van der Waals surface area contributed by atoms with Crippen molar-refractivity contribution < 1.29 is 0 Å². The van der Waals surface area contributed by atoms with Crippen LogP contribution in [-0.2, 0) is 12.8 Å². The average molecular weight is 1240 g/mol. The van der Waals surface area contributed by atoms with Gasteiger partial charge < -0.3 is 0 Å². The van der Waals surface area contributed by atoms with Gasteiger partial charge in [-0.25, -0.2) is 4.99 Å². The second-order valence-corrected chi connectivity index (χ2v) is 29.1. The zero-order chi connectivity index (χ0) is 63.9. The van der Waals surface area contributed by atoms with Crippen LogP contribution in [0.15, 0.2) is 70.7 Å². The highest BCUT2D eigenvalue weighted by Crippen LogP contribution is 2.23. The molecule has 0 fully saturated rings.